The van der Waals surface area contributed by atoms with Crippen molar-refractivity contribution in [3.05, 3.63) is 34.3 Å². The lowest BCUT2D eigenvalue weighted by Gasteiger charge is -2.26. The average molecular weight is 341 g/mol. The van der Waals surface area contributed by atoms with Gasteiger partial charge in [0.05, 0.1) is 6.04 Å². The maximum absolute atomic E-state index is 12.3. The van der Waals surface area contributed by atoms with E-state index in [1.807, 2.05) is 12.1 Å². The molecule has 0 aromatic heterocycles. The van der Waals surface area contributed by atoms with E-state index in [-0.39, 0.29) is 18.0 Å². The van der Waals surface area contributed by atoms with Crippen molar-refractivity contribution in [3.8, 4) is 0 Å². The topological polar surface area (TPSA) is 32.3 Å². The standard InChI is InChI=1S/C16H25BrN2O/c1-11(2)9-15(16(20)19(4)5)18-12(3)13-7-6-8-14(17)10-13/h6-8,10-12,15,18H,9H2,1-5H3. The highest BCUT2D eigenvalue weighted by atomic mass is 79.9. The van der Waals surface area contributed by atoms with Crippen LogP contribution in [-0.2, 0) is 4.79 Å². The highest BCUT2D eigenvalue weighted by Gasteiger charge is 2.23. The number of carbonyl (C=O) groups is 1. The van der Waals surface area contributed by atoms with Crippen LogP contribution in [-0.4, -0.2) is 30.9 Å². The fraction of sp³-hybridized carbons (Fsp3) is 0.562. The highest BCUT2D eigenvalue weighted by molar-refractivity contribution is 9.10. The third kappa shape index (κ3) is 5.25. The summed E-state index contributed by atoms with van der Waals surface area (Å²) in [5.41, 5.74) is 1.18. The first-order chi connectivity index (χ1) is 9.31. The minimum atomic E-state index is -0.140. The molecule has 1 N–H and O–H groups in total. The lowest BCUT2D eigenvalue weighted by Crippen LogP contribution is -2.45. The van der Waals surface area contributed by atoms with E-state index >= 15 is 0 Å². The van der Waals surface area contributed by atoms with E-state index in [1.165, 1.54) is 5.56 Å². The SMILES string of the molecule is CC(C)CC(NC(C)c1cccc(Br)c1)C(=O)N(C)C. The molecule has 0 spiro atoms. The Balaban J connectivity index is 2.81. The Hall–Kier alpha value is -0.870. The molecule has 2 atom stereocenters. The van der Waals surface area contributed by atoms with Crippen LogP contribution in [0.3, 0.4) is 0 Å². The molecule has 0 radical (unpaired) electrons. The first-order valence-corrected chi connectivity index (χ1v) is 7.83. The monoisotopic (exact) mass is 340 g/mol. The van der Waals surface area contributed by atoms with Crippen LogP contribution in [0, 0.1) is 5.92 Å². The van der Waals surface area contributed by atoms with Crippen molar-refractivity contribution in [2.45, 2.75) is 39.3 Å². The predicted molar refractivity (Wildman–Crippen MR) is 87.6 cm³/mol. The number of hydrogen-bond acceptors (Lipinski definition) is 2. The van der Waals surface area contributed by atoms with Crippen LogP contribution in [0.5, 0.6) is 0 Å². The molecule has 0 bridgehead atoms. The summed E-state index contributed by atoms with van der Waals surface area (Å²) in [5, 5.41) is 3.46. The Morgan fingerprint density at radius 1 is 1.30 bits per heavy atom. The molecule has 1 amide bonds. The van der Waals surface area contributed by atoms with Crippen molar-refractivity contribution in [2.24, 2.45) is 5.92 Å². The minimum Gasteiger partial charge on any atom is -0.347 e. The van der Waals surface area contributed by atoms with Gasteiger partial charge in [-0.1, -0.05) is 41.9 Å². The molecule has 112 valence electrons. The molecular weight excluding hydrogens is 316 g/mol. The van der Waals surface area contributed by atoms with Crippen molar-refractivity contribution in [1.82, 2.24) is 10.2 Å². The number of amides is 1. The second-order valence-corrected chi connectivity index (χ2v) is 6.77. The summed E-state index contributed by atoms with van der Waals surface area (Å²) in [5.74, 6) is 0.617. The smallest absolute Gasteiger partial charge is 0.239 e. The summed E-state index contributed by atoms with van der Waals surface area (Å²) in [6.45, 7) is 6.38. The van der Waals surface area contributed by atoms with Gasteiger partial charge in [0.2, 0.25) is 5.91 Å². The van der Waals surface area contributed by atoms with Crippen molar-refractivity contribution >= 4 is 21.8 Å². The predicted octanol–water partition coefficient (Wildman–Crippen LogP) is 3.60. The van der Waals surface area contributed by atoms with Gasteiger partial charge in [0.1, 0.15) is 0 Å². The van der Waals surface area contributed by atoms with E-state index in [0.717, 1.165) is 10.9 Å². The zero-order valence-electron chi connectivity index (χ0n) is 13.0. The van der Waals surface area contributed by atoms with Gasteiger partial charge in [-0.25, -0.2) is 0 Å². The molecule has 1 rings (SSSR count). The summed E-state index contributed by atoms with van der Waals surface area (Å²) < 4.78 is 1.06. The molecule has 0 saturated carbocycles. The summed E-state index contributed by atoms with van der Waals surface area (Å²) in [4.78, 5) is 13.9. The van der Waals surface area contributed by atoms with E-state index in [0.29, 0.717) is 5.92 Å². The molecule has 0 heterocycles. The quantitative estimate of drug-likeness (QED) is 0.857. The summed E-state index contributed by atoms with van der Waals surface area (Å²) in [7, 11) is 3.61. The van der Waals surface area contributed by atoms with Gasteiger partial charge in [-0.2, -0.15) is 0 Å². The van der Waals surface area contributed by atoms with Gasteiger partial charge in [-0.05, 0) is 37.0 Å². The van der Waals surface area contributed by atoms with E-state index in [4.69, 9.17) is 0 Å². The van der Waals surface area contributed by atoms with Crippen molar-refractivity contribution in [1.29, 1.82) is 0 Å². The fourth-order valence-corrected chi connectivity index (χ4v) is 2.61. The summed E-state index contributed by atoms with van der Waals surface area (Å²) in [6.07, 6.45) is 0.843. The van der Waals surface area contributed by atoms with Gasteiger partial charge >= 0.3 is 0 Å². The van der Waals surface area contributed by atoms with Crippen molar-refractivity contribution in [2.75, 3.05) is 14.1 Å². The van der Waals surface area contributed by atoms with E-state index < -0.39 is 0 Å². The number of likely N-dealkylation sites (N-methyl/N-ethyl adjacent to an activating group) is 1. The van der Waals surface area contributed by atoms with Gasteiger partial charge in [0.15, 0.2) is 0 Å². The molecular formula is C16H25BrN2O. The molecule has 1 aromatic rings. The number of halogens is 1. The lowest BCUT2D eigenvalue weighted by atomic mass is 10.0. The van der Waals surface area contributed by atoms with E-state index in [1.54, 1.807) is 19.0 Å². The van der Waals surface area contributed by atoms with Crippen LogP contribution in [0.2, 0.25) is 0 Å². The normalized spacial score (nSPS) is 14.2. The fourth-order valence-electron chi connectivity index (χ4n) is 2.20. The zero-order valence-corrected chi connectivity index (χ0v) is 14.6. The van der Waals surface area contributed by atoms with Crippen LogP contribution in [0.15, 0.2) is 28.7 Å². The van der Waals surface area contributed by atoms with E-state index in [2.05, 4.69) is 54.2 Å². The van der Waals surface area contributed by atoms with E-state index in [9.17, 15) is 4.79 Å². The first-order valence-electron chi connectivity index (χ1n) is 7.04. The summed E-state index contributed by atoms with van der Waals surface area (Å²) in [6, 6.07) is 8.19. The molecule has 0 aliphatic rings. The van der Waals surface area contributed by atoms with Crippen molar-refractivity contribution < 1.29 is 4.79 Å². The highest BCUT2D eigenvalue weighted by Crippen LogP contribution is 2.19. The number of nitrogens with one attached hydrogen (secondary N) is 1. The number of rotatable bonds is 6. The Bertz CT molecular complexity index is 446. The Morgan fingerprint density at radius 3 is 2.45 bits per heavy atom. The number of nitrogens with zero attached hydrogens (tertiary/aromatic N) is 1. The third-order valence-electron chi connectivity index (χ3n) is 3.25. The Labute approximate surface area is 130 Å². The second-order valence-electron chi connectivity index (χ2n) is 5.86. The molecule has 0 aliphatic carbocycles. The van der Waals surface area contributed by atoms with Crippen LogP contribution in [0.1, 0.15) is 38.8 Å². The van der Waals surface area contributed by atoms with Gasteiger partial charge < -0.3 is 4.90 Å². The first kappa shape index (κ1) is 17.2. The molecule has 0 aliphatic heterocycles. The molecule has 2 unspecified atom stereocenters. The molecule has 0 saturated heterocycles. The van der Waals surface area contributed by atoms with Crippen LogP contribution in [0.25, 0.3) is 0 Å². The molecule has 3 nitrogen and oxygen atoms in total. The third-order valence-corrected chi connectivity index (χ3v) is 3.74. The lowest BCUT2D eigenvalue weighted by molar-refractivity contribution is -0.131. The molecule has 20 heavy (non-hydrogen) atoms. The number of hydrogen-bond donors (Lipinski definition) is 1. The largest absolute Gasteiger partial charge is 0.347 e. The molecule has 1 aromatic carbocycles. The van der Waals surface area contributed by atoms with Crippen LogP contribution < -0.4 is 5.32 Å². The number of carbonyl (C=O) groups excluding carboxylic acids is 1. The number of benzene rings is 1. The molecule has 4 heteroatoms. The maximum atomic E-state index is 12.3. The van der Waals surface area contributed by atoms with Gasteiger partial charge in [-0.3, -0.25) is 10.1 Å². The Morgan fingerprint density at radius 2 is 1.95 bits per heavy atom. The Kier molecular flexibility index (Phi) is 6.69. The minimum absolute atomic E-state index is 0.139. The van der Waals surface area contributed by atoms with Gasteiger partial charge in [0, 0.05) is 24.6 Å². The zero-order chi connectivity index (χ0) is 15.3. The van der Waals surface area contributed by atoms with Crippen LogP contribution >= 0.6 is 15.9 Å². The average Bonchev–Trinajstić information content (AvgIpc) is 2.36. The van der Waals surface area contributed by atoms with Crippen LogP contribution in [0.4, 0.5) is 0 Å². The van der Waals surface area contributed by atoms with Gasteiger partial charge in [0.25, 0.3) is 0 Å². The summed E-state index contributed by atoms with van der Waals surface area (Å²) >= 11 is 3.49. The van der Waals surface area contributed by atoms with Crippen molar-refractivity contribution in [3.63, 3.8) is 0 Å². The molecule has 0 fully saturated rings. The second kappa shape index (κ2) is 7.79. The van der Waals surface area contributed by atoms with Gasteiger partial charge in [-0.15, -0.1) is 0 Å². The maximum Gasteiger partial charge on any atom is 0.239 e.